The van der Waals surface area contributed by atoms with Gasteiger partial charge in [-0.2, -0.15) is 0 Å². The first-order valence-corrected chi connectivity index (χ1v) is 11.0. The van der Waals surface area contributed by atoms with E-state index in [4.69, 9.17) is 5.73 Å². The predicted molar refractivity (Wildman–Crippen MR) is 128 cm³/mol. The van der Waals surface area contributed by atoms with Gasteiger partial charge in [0, 0.05) is 28.4 Å². The van der Waals surface area contributed by atoms with E-state index in [1.54, 1.807) is 22.9 Å². The summed E-state index contributed by atoms with van der Waals surface area (Å²) < 4.78 is 1.70. The number of amides is 4. The quantitative estimate of drug-likeness (QED) is 0.545. The summed E-state index contributed by atoms with van der Waals surface area (Å²) in [6, 6.07) is 12.9. The van der Waals surface area contributed by atoms with Crippen LogP contribution < -0.4 is 11.1 Å². The topological polar surface area (TPSA) is 114 Å². The van der Waals surface area contributed by atoms with Crippen LogP contribution in [0.2, 0.25) is 0 Å². The average molecular weight is 463 g/mol. The summed E-state index contributed by atoms with van der Waals surface area (Å²) in [4.78, 5) is 50.4. The highest BCUT2D eigenvalue weighted by atomic mass is 32.2. The van der Waals surface area contributed by atoms with Gasteiger partial charge in [-0.15, -0.1) is 0 Å². The van der Waals surface area contributed by atoms with Crippen LogP contribution in [0.4, 0.5) is 10.5 Å². The Morgan fingerprint density at radius 3 is 2.55 bits per heavy atom. The Kier molecular flexibility index (Phi) is 6.06. The molecule has 0 radical (unpaired) electrons. The Bertz CT molecular complexity index is 1340. The highest BCUT2D eigenvalue weighted by Crippen LogP contribution is 2.34. The van der Waals surface area contributed by atoms with Crippen LogP contribution in [0.15, 0.2) is 53.6 Å². The van der Waals surface area contributed by atoms with Gasteiger partial charge >= 0.3 is 0 Å². The van der Waals surface area contributed by atoms with E-state index >= 15 is 0 Å². The van der Waals surface area contributed by atoms with Gasteiger partial charge in [0.05, 0.1) is 4.91 Å². The molecular formula is C24H22N4O4S. The summed E-state index contributed by atoms with van der Waals surface area (Å²) in [6.45, 7) is 3.53. The molecule has 1 aliphatic heterocycles. The molecule has 3 N–H and O–H groups in total. The number of aromatic nitrogens is 1. The molecule has 3 aromatic rings. The third kappa shape index (κ3) is 4.68. The Balaban J connectivity index is 1.54. The maximum Gasteiger partial charge on any atom is 0.294 e. The molecule has 1 fully saturated rings. The Labute approximate surface area is 194 Å². The summed E-state index contributed by atoms with van der Waals surface area (Å²) in [7, 11) is 0. The van der Waals surface area contributed by atoms with Crippen molar-refractivity contribution in [3.05, 3.63) is 70.3 Å². The van der Waals surface area contributed by atoms with Crippen molar-refractivity contribution in [1.29, 1.82) is 0 Å². The lowest BCUT2D eigenvalue weighted by Gasteiger charge is -2.13. The first-order valence-electron chi connectivity index (χ1n) is 10.2. The Morgan fingerprint density at radius 1 is 1.06 bits per heavy atom. The molecule has 1 saturated heterocycles. The minimum Gasteiger partial charge on any atom is -0.368 e. The van der Waals surface area contributed by atoms with Crippen molar-refractivity contribution in [2.75, 3.05) is 11.9 Å². The molecule has 1 aliphatic rings. The van der Waals surface area contributed by atoms with Gasteiger partial charge in [-0.1, -0.05) is 24.3 Å². The van der Waals surface area contributed by atoms with Gasteiger partial charge in [-0.3, -0.25) is 24.1 Å². The maximum absolute atomic E-state index is 12.9. The second-order valence-corrected chi connectivity index (χ2v) is 8.80. The number of primary amides is 1. The fraction of sp³-hybridized carbons (Fsp3) is 0.167. The number of carbonyl (C=O) groups is 4. The number of nitrogens with two attached hydrogens (primary N) is 1. The molecule has 0 unspecified atom stereocenters. The van der Waals surface area contributed by atoms with Crippen molar-refractivity contribution in [1.82, 2.24) is 9.47 Å². The first-order chi connectivity index (χ1) is 15.7. The normalized spacial score (nSPS) is 15.0. The fourth-order valence-corrected chi connectivity index (χ4v) is 4.46. The first kappa shape index (κ1) is 22.3. The van der Waals surface area contributed by atoms with E-state index in [1.807, 2.05) is 50.2 Å². The number of fused-ring (bicyclic) bond motifs is 1. The number of thioether (sulfide) groups is 1. The molecule has 33 heavy (non-hydrogen) atoms. The van der Waals surface area contributed by atoms with E-state index in [1.165, 1.54) is 0 Å². The average Bonchev–Trinajstić information content (AvgIpc) is 3.22. The number of anilines is 1. The molecule has 168 valence electrons. The van der Waals surface area contributed by atoms with Crippen LogP contribution in [0.1, 0.15) is 16.7 Å². The number of hydrogen-bond acceptors (Lipinski definition) is 5. The van der Waals surface area contributed by atoms with Crippen molar-refractivity contribution >= 4 is 57.4 Å². The van der Waals surface area contributed by atoms with Crippen LogP contribution >= 0.6 is 11.8 Å². The second-order valence-electron chi connectivity index (χ2n) is 7.81. The van der Waals surface area contributed by atoms with Gasteiger partial charge in [0.2, 0.25) is 11.8 Å². The fourth-order valence-electron chi connectivity index (χ4n) is 3.63. The van der Waals surface area contributed by atoms with E-state index in [-0.39, 0.29) is 18.0 Å². The molecule has 0 bridgehead atoms. The molecule has 4 rings (SSSR count). The molecule has 8 nitrogen and oxygen atoms in total. The molecule has 2 aromatic carbocycles. The summed E-state index contributed by atoms with van der Waals surface area (Å²) >= 11 is 0.779. The Morgan fingerprint density at radius 2 is 1.82 bits per heavy atom. The molecule has 0 spiro atoms. The van der Waals surface area contributed by atoms with Crippen LogP contribution in [0, 0.1) is 13.8 Å². The van der Waals surface area contributed by atoms with Gasteiger partial charge in [0.25, 0.3) is 11.1 Å². The monoisotopic (exact) mass is 462 g/mol. The SMILES string of the molecule is Cc1ccc(NC(=O)CN2C(=O)S/C(=C\c3cn(CC(N)=O)c4ccccc34)C2=O)cc1C. The number of aryl methyl sites for hydroxylation is 2. The van der Waals surface area contributed by atoms with Crippen LogP contribution in [0.3, 0.4) is 0 Å². The minimum absolute atomic E-state index is 0.00547. The number of imide groups is 1. The third-order valence-electron chi connectivity index (χ3n) is 5.40. The van der Waals surface area contributed by atoms with Crippen LogP contribution in [0.5, 0.6) is 0 Å². The van der Waals surface area contributed by atoms with Gasteiger partial charge in [0.1, 0.15) is 13.1 Å². The number of para-hydroxylation sites is 1. The number of benzene rings is 2. The summed E-state index contributed by atoms with van der Waals surface area (Å²) in [5.41, 5.74) is 9.53. The number of nitrogens with one attached hydrogen (secondary N) is 1. The van der Waals surface area contributed by atoms with Crippen molar-refractivity contribution in [3.8, 4) is 0 Å². The van der Waals surface area contributed by atoms with E-state index < -0.39 is 23.0 Å². The lowest BCUT2D eigenvalue weighted by atomic mass is 10.1. The molecule has 0 saturated carbocycles. The largest absolute Gasteiger partial charge is 0.368 e. The zero-order chi connectivity index (χ0) is 23.7. The minimum atomic E-state index is -0.535. The lowest BCUT2D eigenvalue weighted by Crippen LogP contribution is -2.36. The van der Waals surface area contributed by atoms with Crippen LogP contribution in [0.25, 0.3) is 17.0 Å². The van der Waals surface area contributed by atoms with E-state index in [0.29, 0.717) is 11.3 Å². The van der Waals surface area contributed by atoms with Crippen LogP contribution in [-0.4, -0.2) is 39.0 Å². The second kappa shape index (κ2) is 8.95. The zero-order valence-corrected chi connectivity index (χ0v) is 18.9. The van der Waals surface area contributed by atoms with Crippen molar-refractivity contribution < 1.29 is 19.2 Å². The summed E-state index contributed by atoms with van der Waals surface area (Å²) in [6.07, 6.45) is 3.32. The highest BCUT2D eigenvalue weighted by Gasteiger charge is 2.36. The van der Waals surface area contributed by atoms with Crippen molar-refractivity contribution in [3.63, 3.8) is 0 Å². The zero-order valence-electron chi connectivity index (χ0n) is 18.1. The summed E-state index contributed by atoms with van der Waals surface area (Å²) in [5.74, 6) is -1.48. The smallest absolute Gasteiger partial charge is 0.294 e. The van der Waals surface area contributed by atoms with Gasteiger partial charge < -0.3 is 15.6 Å². The van der Waals surface area contributed by atoms with Crippen molar-refractivity contribution in [2.24, 2.45) is 5.73 Å². The third-order valence-corrected chi connectivity index (χ3v) is 6.31. The van der Waals surface area contributed by atoms with E-state index in [9.17, 15) is 19.2 Å². The molecular weight excluding hydrogens is 440 g/mol. The number of carbonyl (C=O) groups excluding carboxylic acids is 4. The number of rotatable bonds is 6. The predicted octanol–water partition coefficient (Wildman–Crippen LogP) is 3.42. The van der Waals surface area contributed by atoms with Crippen LogP contribution in [-0.2, 0) is 20.9 Å². The molecule has 2 heterocycles. The Hall–Kier alpha value is -3.85. The molecule has 0 aliphatic carbocycles. The van der Waals surface area contributed by atoms with Crippen molar-refractivity contribution in [2.45, 2.75) is 20.4 Å². The lowest BCUT2D eigenvalue weighted by molar-refractivity contribution is -0.127. The molecule has 9 heteroatoms. The number of hydrogen-bond donors (Lipinski definition) is 2. The highest BCUT2D eigenvalue weighted by molar-refractivity contribution is 8.18. The van der Waals surface area contributed by atoms with Gasteiger partial charge in [-0.05, 0) is 61.0 Å². The van der Waals surface area contributed by atoms with E-state index in [2.05, 4.69) is 5.32 Å². The summed E-state index contributed by atoms with van der Waals surface area (Å²) in [5, 5.41) is 3.03. The molecule has 0 atom stereocenters. The number of nitrogens with zero attached hydrogens (tertiary/aromatic N) is 2. The maximum atomic E-state index is 12.9. The molecule has 1 aromatic heterocycles. The standard InChI is InChI=1S/C24H22N4O4S/c1-14-7-8-17(9-15(14)2)26-22(30)13-28-23(31)20(33-24(28)32)10-16-11-27(12-21(25)29)19-6-4-3-5-18(16)19/h3-11H,12-13H2,1-2H3,(H2,25,29)(H,26,30)/b20-10-. The van der Waals surface area contributed by atoms with E-state index in [0.717, 1.165) is 38.7 Å². The van der Waals surface area contributed by atoms with Gasteiger partial charge in [0.15, 0.2) is 0 Å². The van der Waals surface area contributed by atoms with Gasteiger partial charge in [-0.25, -0.2) is 0 Å². The molecule has 4 amide bonds.